The van der Waals surface area contributed by atoms with Crippen LogP contribution in [-0.2, 0) is 13.0 Å². The molecule has 31 heavy (non-hydrogen) atoms. The van der Waals surface area contributed by atoms with Crippen molar-refractivity contribution in [3.05, 3.63) is 101 Å². The third kappa shape index (κ3) is 3.79. The highest BCUT2D eigenvalue weighted by molar-refractivity contribution is 5.55. The summed E-state index contributed by atoms with van der Waals surface area (Å²) < 4.78 is 31.0. The van der Waals surface area contributed by atoms with Gasteiger partial charge in [0, 0.05) is 25.0 Å². The summed E-state index contributed by atoms with van der Waals surface area (Å²) in [6.07, 6.45) is 5.60. The highest BCUT2D eigenvalue weighted by Gasteiger charge is 2.16. The molecule has 8 heteroatoms. The molecular formula is C23H18F2N6. The third-order valence-electron chi connectivity index (χ3n) is 5.09. The minimum atomic E-state index is -0.281. The molecule has 5 rings (SSSR count). The lowest BCUT2D eigenvalue weighted by Gasteiger charge is -2.07. The molecule has 2 aromatic carbocycles. The maximum Gasteiger partial charge on any atom is 0.201 e. The molecule has 0 saturated carbocycles. The van der Waals surface area contributed by atoms with Gasteiger partial charge in [-0.05, 0) is 36.2 Å². The fourth-order valence-electron chi connectivity index (χ4n) is 3.49. The lowest BCUT2D eigenvalue weighted by molar-refractivity contribution is 0.613. The second-order valence-corrected chi connectivity index (χ2v) is 7.27. The van der Waals surface area contributed by atoms with Gasteiger partial charge in [0.15, 0.2) is 5.65 Å². The molecule has 0 saturated heterocycles. The van der Waals surface area contributed by atoms with Crippen LogP contribution in [0.15, 0.2) is 67.1 Å². The molecule has 154 valence electrons. The first-order valence-electron chi connectivity index (χ1n) is 9.79. The van der Waals surface area contributed by atoms with E-state index < -0.39 is 0 Å². The first kappa shape index (κ1) is 19.0. The maximum atomic E-state index is 14.2. The van der Waals surface area contributed by atoms with Crippen molar-refractivity contribution in [2.45, 2.75) is 19.9 Å². The van der Waals surface area contributed by atoms with E-state index in [-0.39, 0.29) is 11.6 Å². The Balaban J connectivity index is 1.52. The lowest BCUT2D eigenvalue weighted by Crippen LogP contribution is -2.05. The second kappa shape index (κ2) is 7.71. The van der Waals surface area contributed by atoms with Crippen molar-refractivity contribution in [3.63, 3.8) is 0 Å². The second-order valence-electron chi connectivity index (χ2n) is 7.27. The molecule has 0 fully saturated rings. The molecule has 0 amide bonds. The van der Waals surface area contributed by atoms with Gasteiger partial charge < -0.3 is 4.40 Å². The van der Waals surface area contributed by atoms with Crippen molar-refractivity contribution in [1.82, 2.24) is 29.1 Å². The van der Waals surface area contributed by atoms with E-state index in [0.717, 1.165) is 5.56 Å². The fourth-order valence-corrected chi connectivity index (χ4v) is 3.49. The van der Waals surface area contributed by atoms with E-state index >= 15 is 0 Å². The van der Waals surface area contributed by atoms with Gasteiger partial charge in [0.05, 0.1) is 12.2 Å². The van der Waals surface area contributed by atoms with Crippen molar-refractivity contribution in [1.29, 1.82) is 0 Å². The predicted octanol–water partition coefficient (Wildman–Crippen LogP) is 4.21. The van der Waals surface area contributed by atoms with E-state index in [4.69, 9.17) is 4.98 Å². The summed E-state index contributed by atoms with van der Waals surface area (Å²) in [5.41, 5.74) is 3.33. The number of fused-ring (bicyclic) bond motifs is 1. The van der Waals surface area contributed by atoms with Crippen molar-refractivity contribution >= 4 is 5.65 Å². The van der Waals surface area contributed by atoms with Gasteiger partial charge in [-0.25, -0.2) is 28.4 Å². The Morgan fingerprint density at radius 2 is 1.77 bits per heavy atom. The minimum absolute atomic E-state index is 0.278. The van der Waals surface area contributed by atoms with Crippen LogP contribution < -0.4 is 0 Å². The first-order chi connectivity index (χ1) is 15.1. The third-order valence-corrected chi connectivity index (χ3v) is 5.09. The van der Waals surface area contributed by atoms with E-state index in [0.29, 0.717) is 47.2 Å². The van der Waals surface area contributed by atoms with Crippen molar-refractivity contribution in [3.8, 4) is 11.5 Å². The summed E-state index contributed by atoms with van der Waals surface area (Å²) in [5, 5.41) is 4.60. The molecule has 3 heterocycles. The van der Waals surface area contributed by atoms with Crippen LogP contribution in [0.1, 0.15) is 22.6 Å². The Morgan fingerprint density at radius 3 is 2.58 bits per heavy atom. The number of aromatic nitrogens is 6. The van der Waals surface area contributed by atoms with Gasteiger partial charge in [-0.15, -0.1) is 5.10 Å². The molecule has 0 aliphatic heterocycles. The smallest absolute Gasteiger partial charge is 0.201 e. The van der Waals surface area contributed by atoms with Crippen LogP contribution in [0.3, 0.4) is 0 Å². The molecule has 0 aliphatic rings. The maximum absolute atomic E-state index is 14.2. The van der Waals surface area contributed by atoms with E-state index in [1.165, 1.54) is 18.2 Å². The molecule has 5 aromatic rings. The number of halogens is 2. The zero-order valence-electron chi connectivity index (χ0n) is 16.7. The number of hydrogen-bond acceptors (Lipinski definition) is 4. The number of nitrogens with zero attached hydrogens (tertiary/aromatic N) is 6. The number of rotatable bonds is 5. The zero-order chi connectivity index (χ0) is 21.4. The molecule has 6 nitrogen and oxygen atoms in total. The fraction of sp³-hybridized carbons (Fsp3) is 0.130. The summed E-state index contributed by atoms with van der Waals surface area (Å²) >= 11 is 0. The normalized spacial score (nSPS) is 11.3. The Morgan fingerprint density at radius 1 is 0.968 bits per heavy atom. The van der Waals surface area contributed by atoms with E-state index in [9.17, 15) is 8.78 Å². The Hall–Kier alpha value is -3.94. The summed E-state index contributed by atoms with van der Waals surface area (Å²) in [6.45, 7) is 2.32. The Bertz CT molecular complexity index is 1370. The molecule has 3 aromatic heterocycles. The zero-order valence-corrected chi connectivity index (χ0v) is 16.7. The van der Waals surface area contributed by atoms with E-state index in [1.807, 2.05) is 23.7 Å². The SMILES string of the molecule is Cc1nc(-c2cn3ccnc3c(Cc3ccccc3F)n2)nn1Cc1ccc(F)cc1. The Kier molecular flexibility index (Phi) is 4.74. The molecule has 0 atom stereocenters. The number of aryl methyl sites for hydroxylation is 1. The number of hydrogen-bond donors (Lipinski definition) is 0. The lowest BCUT2D eigenvalue weighted by atomic mass is 10.1. The van der Waals surface area contributed by atoms with Gasteiger partial charge in [0.1, 0.15) is 23.2 Å². The van der Waals surface area contributed by atoms with Crippen LogP contribution in [0.5, 0.6) is 0 Å². The van der Waals surface area contributed by atoms with Crippen molar-refractivity contribution in [2.75, 3.05) is 0 Å². The first-order valence-corrected chi connectivity index (χ1v) is 9.79. The monoisotopic (exact) mass is 416 g/mol. The van der Waals surface area contributed by atoms with Crippen LogP contribution in [0, 0.1) is 18.6 Å². The van der Waals surface area contributed by atoms with Crippen LogP contribution in [-0.4, -0.2) is 29.1 Å². The molecule has 0 bridgehead atoms. The van der Waals surface area contributed by atoms with Crippen molar-refractivity contribution < 1.29 is 8.78 Å². The molecule has 0 radical (unpaired) electrons. The minimum Gasteiger partial charge on any atom is -0.303 e. The highest BCUT2D eigenvalue weighted by atomic mass is 19.1. The summed E-state index contributed by atoms with van der Waals surface area (Å²) in [6, 6.07) is 12.9. The number of benzene rings is 2. The van der Waals surface area contributed by atoms with Gasteiger partial charge in [-0.3, -0.25) is 0 Å². The molecular weight excluding hydrogens is 398 g/mol. The van der Waals surface area contributed by atoms with Crippen LogP contribution >= 0.6 is 0 Å². The van der Waals surface area contributed by atoms with Gasteiger partial charge in [0.25, 0.3) is 0 Å². The largest absolute Gasteiger partial charge is 0.303 e. The van der Waals surface area contributed by atoms with Gasteiger partial charge >= 0.3 is 0 Å². The van der Waals surface area contributed by atoms with Crippen LogP contribution in [0.25, 0.3) is 17.2 Å². The Labute approximate surface area is 176 Å². The molecule has 0 aliphatic carbocycles. The quantitative estimate of drug-likeness (QED) is 0.431. The summed E-state index contributed by atoms with van der Waals surface area (Å²) in [5.74, 6) is 0.615. The molecule has 0 unspecified atom stereocenters. The highest BCUT2D eigenvalue weighted by Crippen LogP contribution is 2.20. The standard InChI is InChI=1S/C23H18F2N6/c1-15-27-22(29-31(15)13-16-6-8-18(24)9-7-16)21-14-30-11-10-26-23(30)20(28-21)12-17-4-2-3-5-19(17)25/h2-11,14H,12-13H2,1H3. The van der Waals surface area contributed by atoms with E-state index in [2.05, 4.69) is 15.1 Å². The summed E-state index contributed by atoms with van der Waals surface area (Å²) in [7, 11) is 0. The van der Waals surface area contributed by atoms with Crippen LogP contribution in [0.4, 0.5) is 8.78 Å². The average Bonchev–Trinajstić information content (AvgIpc) is 3.38. The molecule has 0 spiro atoms. The van der Waals surface area contributed by atoms with Gasteiger partial charge in [-0.2, -0.15) is 0 Å². The van der Waals surface area contributed by atoms with Crippen molar-refractivity contribution in [2.24, 2.45) is 0 Å². The topological polar surface area (TPSA) is 60.9 Å². The van der Waals surface area contributed by atoms with Gasteiger partial charge in [-0.1, -0.05) is 30.3 Å². The average molecular weight is 416 g/mol. The van der Waals surface area contributed by atoms with Crippen LogP contribution in [0.2, 0.25) is 0 Å². The molecule has 0 N–H and O–H groups in total. The summed E-state index contributed by atoms with van der Waals surface area (Å²) in [4.78, 5) is 13.6. The van der Waals surface area contributed by atoms with Gasteiger partial charge in [0.2, 0.25) is 5.82 Å². The van der Waals surface area contributed by atoms with E-state index in [1.54, 1.807) is 41.2 Å². The number of imidazole rings is 1. The predicted molar refractivity (Wildman–Crippen MR) is 111 cm³/mol.